The fourth-order valence-corrected chi connectivity index (χ4v) is 4.17. The van der Waals surface area contributed by atoms with Crippen LogP contribution < -0.4 is 10.2 Å². The molecule has 162 valence electrons. The molecule has 10 nitrogen and oxygen atoms in total. The number of nitro groups is 1. The van der Waals surface area contributed by atoms with Gasteiger partial charge in [0.1, 0.15) is 5.69 Å². The quantitative estimate of drug-likeness (QED) is 0.332. The first-order chi connectivity index (χ1) is 14.2. The van der Waals surface area contributed by atoms with E-state index in [9.17, 15) is 23.6 Å². The molecule has 2 N–H and O–H groups in total. The molecule has 0 bridgehead atoms. The van der Waals surface area contributed by atoms with E-state index >= 15 is 0 Å². The molecule has 11 heteroatoms. The van der Waals surface area contributed by atoms with Crippen molar-refractivity contribution in [3.8, 4) is 11.5 Å². The Morgan fingerprint density at radius 3 is 2.50 bits per heavy atom. The standard InChI is InChI=1S/C19H24N4O6S/c1-4-22(5-2)30(27,28)15-8-9-16(17(12-15)23(25)26)21-20-13-14-7-10-18(24)19(11-14)29-6-3/h7-13,21,24H,4-6H2,1-3H3/b20-13+. The van der Waals surface area contributed by atoms with Gasteiger partial charge in [-0.25, -0.2) is 8.42 Å². The molecule has 0 radical (unpaired) electrons. The molecule has 0 atom stereocenters. The molecule has 0 aromatic heterocycles. The van der Waals surface area contributed by atoms with Crippen molar-refractivity contribution in [1.29, 1.82) is 0 Å². The van der Waals surface area contributed by atoms with Crippen LogP contribution in [0.25, 0.3) is 0 Å². The number of sulfonamides is 1. The van der Waals surface area contributed by atoms with Crippen molar-refractivity contribution in [2.45, 2.75) is 25.7 Å². The fourth-order valence-electron chi connectivity index (χ4n) is 2.69. The molecule has 0 aliphatic heterocycles. The van der Waals surface area contributed by atoms with E-state index in [0.29, 0.717) is 17.9 Å². The van der Waals surface area contributed by atoms with Crippen molar-refractivity contribution in [3.63, 3.8) is 0 Å². The second-order valence-corrected chi connectivity index (χ2v) is 7.99. The Morgan fingerprint density at radius 2 is 1.90 bits per heavy atom. The summed E-state index contributed by atoms with van der Waals surface area (Å²) in [5, 5.41) is 25.1. The Kier molecular flexibility index (Phi) is 7.72. The van der Waals surface area contributed by atoms with Gasteiger partial charge in [0.05, 0.1) is 22.6 Å². The first-order valence-corrected chi connectivity index (χ1v) is 10.7. The van der Waals surface area contributed by atoms with Gasteiger partial charge in [-0.3, -0.25) is 15.5 Å². The largest absolute Gasteiger partial charge is 0.504 e. The Bertz CT molecular complexity index is 1040. The van der Waals surface area contributed by atoms with Crippen LogP contribution in [0.2, 0.25) is 0 Å². The van der Waals surface area contributed by atoms with Crippen LogP contribution in [0.1, 0.15) is 26.3 Å². The number of hydrazone groups is 1. The summed E-state index contributed by atoms with van der Waals surface area (Å²) < 4.78 is 31.7. The smallest absolute Gasteiger partial charge is 0.295 e. The van der Waals surface area contributed by atoms with Crippen LogP contribution in [0.4, 0.5) is 11.4 Å². The topological polar surface area (TPSA) is 134 Å². The number of hydrogen-bond donors (Lipinski definition) is 2. The second kappa shape index (κ2) is 10.0. The summed E-state index contributed by atoms with van der Waals surface area (Å²) in [7, 11) is -3.83. The maximum absolute atomic E-state index is 12.6. The molecule has 0 aliphatic rings. The lowest BCUT2D eigenvalue weighted by atomic mass is 10.2. The van der Waals surface area contributed by atoms with E-state index in [-0.39, 0.29) is 29.4 Å². The van der Waals surface area contributed by atoms with E-state index in [2.05, 4.69) is 10.5 Å². The highest BCUT2D eigenvalue weighted by Crippen LogP contribution is 2.29. The molecular weight excluding hydrogens is 412 g/mol. The molecular formula is C19H24N4O6S. The van der Waals surface area contributed by atoms with Crippen LogP contribution in [0.3, 0.4) is 0 Å². The van der Waals surface area contributed by atoms with Gasteiger partial charge in [0.2, 0.25) is 10.0 Å². The van der Waals surface area contributed by atoms with E-state index < -0.39 is 20.6 Å². The second-order valence-electron chi connectivity index (χ2n) is 6.06. The number of phenols is 1. The maximum atomic E-state index is 12.6. The van der Waals surface area contributed by atoms with Gasteiger partial charge in [-0.2, -0.15) is 9.41 Å². The van der Waals surface area contributed by atoms with Gasteiger partial charge >= 0.3 is 0 Å². The van der Waals surface area contributed by atoms with E-state index in [0.717, 1.165) is 6.07 Å². The van der Waals surface area contributed by atoms with Crippen molar-refractivity contribution in [2.75, 3.05) is 25.1 Å². The van der Waals surface area contributed by atoms with Crippen LogP contribution in [0.5, 0.6) is 11.5 Å². The lowest BCUT2D eigenvalue weighted by molar-refractivity contribution is -0.384. The molecule has 2 aromatic rings. The van der Waals surface area contributed by atoms with Crippen molar-refractivity contribution >= 4 is 27.6 Å². The monoisotopic (exact) mass is 436 g/mol. The molecule has 0 saturated heterocycles. The summed E-state index contributed by atoms with van der Waals surface area (Å²) >= 11 is 0. The molecule has 0 heterocycles. The molecule has 0 amide bonds. The van der Waals surface area contributed by atoms with E-state index in [4.69, 9.17) is 4.74 Å². The minimum Gasteiger partial charge on any atom is -0.504 e. The van der Waals surface area contributed by atoms with Crippen molar-refractivity contribution in [1.82, 2.24) is 4.31 Å². The average Bonchev–Trinajstić information content (AvgIpc) is 2.71. The van der Waals surface area contributed by atoms with E-state index in [1.54, 1.807) is 32.9 Å². The van der Waals surface area contributed by atoms with Gasteiger partial charge in [0, 0.05) is 19.2 Å². The van der Waals surface area contributed by atoms with Crippen LogP contribution in [0.15, 0.2) is 46.4 Å². The van der Waals surface area contributed by atoms with Gasteiger partial charge in [-0.05, 0) is 42.8 Å². The number of rotatable bonds is 10. The van der Waals surface area contributed by atoms with Gasteiger partial charge in [0.15, 0.2) is 11.5 Å². The number of benzene rings is 2. The molecule has 2 aromatic carbocycles. The third kappa shape index (κ3) is 5.24. The number of phenolic OH excluding ortho intramolecular Hbond substituents is 1. The summed E-state index contributed by atoms with van der Waals surface area (Å²) in [4.78, 5) is 10.6. The summed E-state index contributed by atoms with van der Waals surface area (Å²) in [6.45, 7) is 6.06. The molecule has 0 aliphatic carbocycles. The van der Waals surface area contributed by atoms with Crippen LogP contribution >= 0.6 is 0 Å². The van der Waals surface area contributed by atoms with E-state index in [1.165, 1.54) is 28.7 Å². The van der Waals surface area contributed by atoms with Gasteiger partial charge < -0.3 is 9.84 Å². The van der Waals surface area contributed by atoms with Crippen molar-refractivity contribution in [2.24, 2.45) is 5.10 Å². The summed E-state index contributed by atoms with van der Waals surface area (Å²) in [5.74, 6) is 0.279. The highest BCUT2D eigenvalue weighted by molar-refractivity contribution is 7.89. The molecule has 30 heavy (non-hydrogen) atoms. The average molecular weight is 436 g/mol. The number of nitrogens with one attached hydrogen (secondary N) is 1. The predicted octanol–water partition coefficient (Wildman–Crippen LogP) is 3.18. The lowest BCUT2D eigenvalue weighted by Gasteiger charge is -2.18. The molecule has 0 saturated carbocycles. The summed E-state index contributed by atoms with van der Waals surface area (Å²) in [6.07, 6.45) is 1.40. The molecule has 2 rings (SSSR count). The number of aromatic hydroxyl groups is 1. The molecule has 0 fully saturated rings. The molecule has 0 unspecified atom stereocenters. The zero-order valence-corrected chi connectivity index (χ0v) is 17.7. The number of nitrogens with zero attached hydrogens (tertiary/aromatic N) is 3. The summed E-state index contributed by atoms with van der Waals surface area (Å²) in [6, 6.07) is 8.22. The first-order valence-electron chi connectivity index (χ1n) is 9.28. The summed E-state index contributed by atoms with van der Waals surface area (Å²) in [5.41, 5.74) is 2.78. The van der Waals surface area contributed by atoms with Gasteiger partial charge in [0.25, 0.3) is 5.69 Å². The molecule has 0 spiro atoms. The number of anilines is 1. The van der Waals surface area contributed by atoms with Gasteiger partial charge in [-0.1, -0.05) is 13.8 Å². The number of nitro benzene ring substituents is 1. The predicted molar refractivity (Wildman–Crippen MR) is 114 cm³/mol. The fraction of sp³-hybridized carbons (Fsp3) is 0.316. The minimum atomic E-state index is -3.83. The minimum absolute atomic E-state index is 0.0115. The van der Waals surface area contributed by atoms with Gasteiger partial charge in [-0.15, -0.1) is 0 Å². The zero-order valence-electron chi connectivity index (χ0n) is 16.9. The van der Waals surface area contributed by atoms with Crippen molar-refractivity contribution in [3.05, 3.63) is 52.1 Å². The zero-order chi connectivity index (χ0) is 22.3. The maximum Gasteiger partial charge on any atom is 0.295 e. The van der Waals surface area contributed by atoms with Crippen molar-refractivity contribution < 1.29 is 23.2 Å². The number of ether oxygens (including phenoxy) is 1. The third-order valence-corrected chi connectivity index (χ3v) is 6.24. The highest BCUT2D eigenvalue weighted by Gasteiger charge is 2.25. The number of hydrogen-bond acceptors (Lipinski definition) is 8. The van der Waals surface area contributed by atoms with E-state index in [1.807, 2.05) is 0 Å². The first kappa shape index (κ1) is 23.1. The SMILES string of the molecule is CCOc1cc(/C=N/Nc2ccc(S(=O)(=O)N(CC)CC)cc2[N+](=O)[O-])ccc1O. The van der Waals surface area contributed by atoms with Crippen LogP contribution in [-0.4, -0.2) is 48.7 Å². The highest BCUT2D eigenvalue weighted by atomic mass is 32.2. The Balaban J connectivity index is 2.29. The third-order valence-electron chi connectivity index (χ3n) is 4.19. The van der Waals surface area contributed by atoms with Crippen LogP contribution in [-0.2, 0) is 10.0 Å². The Hall–Kier alpha value is -3.18. The Labute approximate surface area is 175 Å². The lowest BCUT2D eigenvalue weighted by Crippen LogP contribution is -2.30. The normalized spacial score (nSPS) is 11.7. The van der Waals surface area contributed by atoms with Crippen LogP contribution in [0, 0.1) is 10.1 Å². The Morgan fingerprint density at radius 1 is 1.20 bits per heavy atom.